The van der Waals surface area contributed by atoms with E-state index < -0.39 is 16.0 Å². The molecule has 2 aromatic heterocycles. The molecule has 0 aliphatic carbocycles. The molecule has 0 spiro atoms. The third kappa shape index (κ3) is 3.06. The number of pyridine rings is 1. The molecule has 0 aromatic carbocycles. The number of aromatic nitrogens is 4. The second-order valence-electron chi connectivity index (χ2n) is 4.55. The predicted molar refractivity (Wildman–Crippen MR) is 79.0 cm³/mol. The van der Waals surface area contributed by atoms with E-state index in [-0.39, 0.29) is 17.1 Å². The van der Waals surface area contributed by atoms with Gasteiger partial charge in [-0.15, -0.1) is 5.10 Å². The number of nitrogens with one attached hydrogen (secondary N) is 1. The Labute approximate surface area is 127 Å². The van der Waals surface area contributed by atoms with Gasteiger partial charge in [-0.2, -0.15) is 0 Å². The first-order chi connectivity index (χ1) is 10.2. The smallest absolute Gasteiger partial charge is 0.356 e. The van der Waals surface area contributed by atoms with Gasteiger partial charge in [0.2, 0.25) is 10.0 Å². The molecule has 0 bridgehead atoms. The van der Waals surface area contributed by atoms with Crippen molar-refractivity contribution in [2.45, 2.75) is 13.8 Å². The number of aryl methyl sites for hydroxylation is 2. The Kier molecular flexibility index (Phi) is 4.13. The van der Waals surface area contributed by atoms with Gasteiger partial charge in [0.1, 0.15) is 5.69 Å². The van der Waals surface area contributed by atoms with Crippen LogP contribution in [0.4, 0.5) is 5.69 Å². The Morgan fingerprint density at radius 1 is 1.41 bits per heavy atom. The standard InChI is InChI=1S/C12H15N5O4S/c1-4-22(20,21)15-8-5-6-9(13-7(8)2)10-11(12(18)19)17(3)16-14-10/h5-6,15H,4H2,1-3H3,(H,18,19). The number of rotatable bonds is 5. The number of hydrogen-bond donors (Lipinski definition) is 2. The van der Waals surface area contributed by atoms with Crippen LogP contribution in [-0.2, 0) is 17.1 Å². The van der Waals surface area contributed by atoms with Crippen molar-refractivity contribution in [3.63, 3.8) is 0 Å². The van der Waals surface area contributed by atoms with E-state index in [1.165, 1.54) is 26.1 Å². The number of hydrogen-bond acceptors (Lipinski definition) is 6. The minimum absolute atomic E-state index is 0.0541. The van der Waals surface area contributed by atoms with E-state index in [2.05, 4.69) is 20.0 Å². The molecule has 0 amide bonds. The van der Waals surface area contributed by atoms with Gasteiger partial charge in [0.25, 0.3) is 0 Å². The van der Waals surface area contributed by atoms with Crippen LogP contribution in [0.25, 0.3) is 11.4 Å². The zero-order valence-electron chi connectivity index (χ0n) is 12.2. The lowest BCUT2D eigenvalue weighted by Gasteiger charge is -2.09. The molecule has 0 saturated heterocycles. The first-order valence-electron chi connectivity index (χ1n) is 6.36. The summed E-state index contributed by atoms with van der Waals surface area (Å²) in [6, 6.07) is 3.02. The molecule has 0 unspecified atom stereocenters. The van der Waals surface area contributed by atoms with E-state index in [0.717, 1.165) is 4.68 Å². The third-order valence-corrected chi connectivity index (χ3v) is 4.29. The molecule has 0 saturated carbocycles. The number of aromatic carboxylic acids is 1. The second-order valence-corrected chi connectivity index (χ2v) is 6.56. The fourth-order valence-electron chi connectivity index (χ4n) is 1.81. The summed E-state index contributed by atoms with van der Waals surface area (Å²) < 4.78 is 26.7. The lowest BCUT2D eigenvalue weighted by Crippen LogP contribution is -2.15. The number of nitrogens with zero attached hydrogens (tertiary/aromatic N) is 4. The molecule has 0 aliphatic heterocycles. The van der Waals surface area contributed by atoms with Gasteiger partial charge < -0.3 is 5.11 Å². The van der Waals surface area contributed by atoms with Crippen LogP contribution in [0.3, 0.4) is 0 Å². The van der Waals surface area contributed by atoms with Crippen molar-refractivity contribution in [1.29, 1.82) is 0 Å². The summed E-state index contributed by atoms with van der Waals surface area (Å²) in [6.45, 7) is 3.14. The van der Waals surface area contributed by atoms with Crippen molar-refractivity contribution in [2.24, 2.45) is 7.05 Å². The van der Waals surface area contributed by atoms with E-state index in [4.69, 9.17) is 0 Å². The van der Waals surface area contributed by atoms with Crippen LogP contribution in [0, 0.1) is 6.92 Å². The van der Waals surface area contributed by atoms with Crippen molar-refractivity contribution in [2.75, 3.05) is 10.5 Å². The van der Waals surface area contributed by atoms with Gasteiger partial charge in [0.15, 0.2) is 5.69 Å². The van der Waals surface area contributed by atoms with Crippen LogP contribution >= 0.6 is 0 Å². The van der Waals surface area contributed by atoms with Crippen LogP contribution in [0.15, 0.2) is 12.1 Å². The van der Waals surface area contributed by atoms with Crippen LogP contribution in [-0.4, -0.2) is 45.2 Å². The van der Waals surface area contributed by atoms with Crippen LogP contribution in [0.1, 0.15) is 23.1 Å². The van der Waals surface area contributed by atoms with E-state index in [1.807, 2.05) is 0 Å². The summed E-state index contributed by atoms with van der Waals surface area (Å²) in [6.07, 6.45) is 0. The van der Waals surface area contributed by atoms with Crippen LogP contribution in [0.5, 0.6) is 0 Å². The van der Waals surface area contributed by atoms with E-state index in [9.17, 15) is 18.3 Å². The highest BCUT2D eigenvalue weighted by molar-refractivity contribution is 7.92. The van der Waals surface area contributed by atoms with Crippen molar-refractivity contribution < 1.29 is 18.3 Å². The Bertz CT molecular complexity index is 828. The average molecular weight is 325 g/mol. The number of carboxylic acid groups (broad SMARTS) is 1. The number of anilines is 1. The minimum atomic E-state index is -3.41. The molecular formula is C12H15N5O4S. The Morgan fingerprint density at radius 3 is 2.64 bits per heavy atom. The Hall–Kier alpha value is -2.49. The largest absolute Gasteiger partial charge is 0.476 e. The summed E-state index contributed by atoms with van der Waals surface area (Å²) in [4.78, 5) is 15.4. The zero-order chi connectivity index (χ0) is 16.5. The van der Waals surface area contributed by atoms with Gasteiger partial charge >= 0.3 is 5.97 Å². The summed E-state index contributed by atoms with van der Waals surface area (Å²) in [5, 5.41) is 16.7. The van der Waals surface area contributed by atoms with Gasteiger partial charge in [0, 0.05) is 7.05 Å². The first-order valence-corrected chi connectivity index (χ1v) is 8.02. The maximum Gasteiger partial charge on any atom is 0.356 e. The molecule has 10 heteroatoms. The Balaban J connectivity index is 2.45. The van der Waals surface area contributed by atoms with Crippen molar-refractivity contribution in [3.8, 4) is 11.4 Å². The van der Waals surface area contributed by atoms with Crippen LogP contribution < -0.4 is 4.72 Å². The number of carbonyl (C=O) groups is 1. The van der Waals surface area contributed by atoms with Gasteiger partial charge in [-0.25, -0.2) is 22.9 Å². The highest BCUT2D eigenvalue weighted by atomic mass is 32.2. The zero-order valence-corrected chi connectivity index (χ0v) is 13.0. The molecule has 0 fully saturated rings. The fourth-order valence-corrected chi connectivity index (χ4v) is 2.51. The van der Waals surface area contributed by atoms with Crippen LogP contribution in [0.2, 0.25) is 0 Å². The lowest BCUT2D eigenvalue weighted by atomic mass is 10.2. The van der Waals surface area contributed by atoms with Gasteiger partial charge in [0.05, 0.1) is 22.8 Å². The quantitative estimate of drug-likeness (QED) is 0.826. The summed E-state index contributed by atoms with van der Waals surface area (Å²) in [5.41, 5.74) is 1.10. The lowest BCUT2D eigenvalue weighted by molar-refractivity contribution is 0.0686. The van der Waals surface area contributed by atoms with Gasteiger partial charge in [-0.3, -0.25) is 4.72 Å². The van der Waals surface area contributed by atoms with Crippen molar-refractivity contribution in [1.82, 2.24) is 20.0 Å². The molecule has 2 aromatic rings. The molecule has 0 aliphatic rings. The van der Waals surface area contributed by atoms with E-state index >= 15 is 0 Å². The maximum atomic E-state index is 11.6. The molecule has 2 rings (SSSR count). The Morgan fingerprint density at radius 2 is 2.09 bits per heavy atom. The molecule has 2 N–H and O–H groups in total. The highest BCUT2D eigenvalue weighted by Crippen LogP contribution is 2.23. The average Bonchev–Trinajstić information content (AvgIpc) is 2.83. The first kappa shape index (κ1) is 15.9. The summed E-state index contributed by atoms with van der Waals surface area (Å²) >= 11 is 0. The topological polar surface area (TPSA) is 127 Å². The fraction of sp³-hybridized carbons (Fsp3) is 0.333. The van der Waals surface area contributed by atoms with Crippen molar-refractivity contribution >= 4 is 21.7 Å². The molecule has 0 radical (unpaired) electrons. The predicted octanol–water partition coefficient (Wildman–Crippen LogP) is 0.645. The third-order valence-electron chi connectivity index (χ3n) is 3.00. The number of carboxylic acids is 1. The van der Waals surface area contributed by atoms with E-state index in [0.29, 0.717) is 17.1 Å². The molecular weight excluding hydrogens is 310 g/mol. The summed E-state index contributed by atoms with van der Waals surface area (Å²) in [5.74, 6) is -1.22. The van der Waals surface area contributed by atoms with E-state index in [1.54, 1.807) is 6.92 Å². The summed E-state index contributed by atoms with van der Waals surface area (Å²) in [7, 11) is -1.94. The molecule has 118 valence electrons. The SMILES string of the molecule is CCS(=O)(=O)Nc1ccc(-c2nnn(C)c2C(=O)O)nc1C. The molecule has 9 nitrogen and oxygen atoms in total. The minimum Gasteiger partial charge on any atom is -0.476 e. The normalized spacial score (nSPS) is 11.4. The highest BCUT2D eigenvalue weighted by Gasteiger charge is 2.21. The maximum absolute atomic E-state index is 11.6. The molecule has 22 heavy (non-hydrogen) atoms. The molecule has 2 heterocycles. The molecule has 0 atom stereocenters. The van der Waals surface area contributed by atoms with Gasteiger partial charge in [-0.05, 0) is 26.0 Å². The van der Waals surface area contributed by atoms with Gasteiger partial charge in [-0.1, -0.05) is 5.21 Å². The second kappa shape index (κ2) is 5.72. The monoisotopic (exact) mass is 325 g/mol. The number of sulfonamides is 1. The van der Waals surface area contributed by atoms with Crippen molar-refractivity contribution in [3.05, 3.63) is 23.5 Å².